The Morgan fingerprint density at radius 3 is 3.00 bits per heavy atom. The zero-order valence-corrected chi connectivity index (χ0v) is 15.5. The van der Waals surface area contributed by atoms with Crippen molar-refractivity contribution in [3.05, 3.63) is 57.6 Å². The maximum Gasteiger partial charge on any atom is 0.293 e. The van der Waals surface area contributed by atoms with Crippen LogP contribution in [0.3, 0.4) is 0 Å². The van der Waals surface area contributed by atoms with E-state index in [0.29, 0.717) is 10.8 Å². The van der Waals surface area contributed by atoms with Crippen LogP contribution in [-0.2, 0) is 11.2 Å². The topological polar surface area (TPSA) is 75.4 Å². The van der Waals surface area contributed by atoms with Crippen LogP contribution in [-0.4, -0.2) is 28.2 Å². The largest absolute Gasteiger partial charge is 0.459 e. The monoisotopic (exact) mass is 387 g/mol. The van der Waals surface area contributed by atoms with Crippen molar-refractivity contribution >= 4 is 39.6 Å². The van der Waals surface area contributed by atoms with Gasteiger partial charge in [-0.05, 0) is 36.4 Å². The molecule has 0 bridgehead atoms. The molecule has 0 aromatic carbocycles. The SMILES string of the molecule is O=C(Nc1nc(CC(=O)N2CCCC2c2cccs2)cs1)c1ccco1. The number of likely N-dealkylation sites (tertiary alicyclic amines) is 1. The van der Waals surface area contributed by atoms with Crippen LogP contribution >= 0.6 is 22.7 Å². The van der Waals surface area contributed by atoms with Crippen LogP contribution in [0.5, 0.6) is 0 Å². The Balaban J connectivity index is 1.39. The third-order valence-corrected chi connectivity index (χ3v) is 6.07. The molecule has 1 unspecified atom stereocenters. The molecule has 134 valence electrons. The molecular weight excluding hydrogens is 370 g/mol. The number of nitrogens with one attached hydrogen (secondary N) is 1. The van der Waals surface area contributed by atoms with E-state index in [-0.39, 0.29) is 30.0 Å². The minimum Gasteiger partial charge on any atom is -0.459 e. The van der Waals surface area contributed by atoms with E-state index in [4.69, 9.17) is 4.42 Å². The molecular formula is C18H17N3O3S2. The summed E-state index contributed by atoms with van der Waals surface area (Å²) in [4.78, 5) is 32.3. The number of hydrogen-bond donors (Lipinski definition) is 1. The highest BCUT2D eigenvalue weighted by Crippen LogP contribution is 2.34. The van der Waals surface area contributed by atoms with Gasteiger partial charge in [0.25, 0.3) is 5.91 Å². The molecule has 0 aliphatic carbocycles. The lowest BCUT2D eigenvalue weighted by Gasteiger charge is -2.23. The molecule has 8 heteroatoms. The molecule has 0 radical (unpaired) electrons. The third kappa shape index (κ3) is 3.56. The number of nitrogens with zero attached hydrogens (tertiary/aromatic N) is 2. The fourth-order valence-corrected chi connectivity index (χ4v) is 4.69. The van der Waals surface area contributed by atoms with E-state index < -0.39 is 0 Å². The first kappa shape index (κ1) is 17.0. The molecule has 4 heterocycles. The molecule has 0 saturated carbocycles. The third-order valence-electron chi connectivity index (χ3n) is 4.29. The lowest BCUT2D eigenvalue weighted by Crippen LogP contribution is -2.31. The number of hydrogen-bond acceptors (Lipinski definition) is 6. The van der Waals surface area contributed by atoms with Crippen LogP contribution in [0, 0.1) is 0 Å². The molecule has 1 N–H and O–H groups in total. The fourth-order valence-electron chi connectivity index (χ4n) is 3.11. The van der Waals surface area contributed by atoms with Gasteiger partial charge in [0.15, 0.2) is 10.9 Å². The van der Waals surface area contributed by atoms with Crippen molar-refractivity contribution in [2.75, 3.05) is 11.9 Å². The number of aromatic nitrogens is 1. The Hall–Kier alpha value is -2.45. The van der Waals surface area contributed by atoms with Gasteiger partial charge in [0, 0.05) is 16.8 Å². The zero-order chi connectivity index (χ0) is 17.9. The number of furan rings is 1. The molecule has 1 atom stereocenters. The minimum absolute atomic E-state index is 0.0788. The Bertz CT molecular complexity index is 887. The van der Waals surface area contributed by atoms with Crippen LogP contribution in [0.4, 0.5) is 5.13 Å². The van der Waals surface area contributed by atoms with Crippen LogP contribution in [0.15, 0.2) is 45.7 Å². The van der Waals surface area contributed by atoms with Crippen molar-refractivity contribution in [1.29, 1.82) is 0 Å². The van der Waals surface area contributed by atoms with Gasteiger partial charge in [-0.3, -0.25) is 14.9 Å². The molecule has 3 aromatic rings. The van der Waals surface area contributed by atoms with Gasteiger partial charge in [-0.25, -0.2) is 4.98 Å². The van der Waals surface area contributed by atoms with Gasteiger partial charge in [0.05, 0.1) is 24.4 Å². The molecule has 26 heavy (non-hydrogen) atoms. The number of rotatable bonds is 5. The summed E-state index contributed by atoms with van der Waals surface area (Å²) in [6, 6.07) is 7.53. The summed E-state index contributed by atoms with van der Waals surface area (Å²) in [5.74, 6) is -0.0386. The van der Waals surface area contributed by atoms with E-state index in [2.05, 4.69) is 16.4 Å². The highest BCUT2D eigenvalue weighted by molar-refractivity contribution is 7.14. The van der Waals surface area contributed by atoms with Crippen molar-refractivity contribution in [3.8, 4) is 0 Å². The maximum absolute atomic E-state index is 12.7. The van der Waals surface area contributed by atoms with Crippen molar-refractivity contribution in [3.63, 3.8) is 0 Å². The minimum atomic E-state index is -0.348. The number of amides is 2. The lowest BCUT2D eigenvalue weighted by molar-refractivity contribution is -0.131. The second-order valence-corrected chi connectivity index (χ2v) is 7.85. The lowest BCUT2D eigenvalue weighted by atomic mass is 10.2. The van der Waals surface area contributed by atoms with Gasteiger partial charge in [-0.15, -0.1) is 22.7 Å². The Morgan fingerprint density at radius 2 is 2.23 bits per heavy atom. The van der Waals surface area contributed by atoms with Gasteiger partial charge < -0.3 is 9.32 Å². The zero-order valence-electron chi connectivity index (χ0n) is 13.9. The summed E-state index contributed by atoms with van der Waals surface area (Å²) in [6.07, 6.45) is 3.72. The fraction of sp³-hybridized carbons (Fsp3) is 0.278. The average Bonchev–Trinajstić information content (AvgIpc) is 3.39. The van der Waals surface area contributed by atoms with E-state index in [9.17, 15) is 9.59 Å². The molecule has 2 amide bonds. The van der Waals surface area contributed by atoms with Crippen molar-refractivity contribution in [1.82, 2.24) is 9.88 Å². The van der Waals surface area contributed by atoms with Gasteiger partial charge in [-0.1, -0.05) is 6.07 Å². The van der Waals surface area contributed by atoms with Crippen LogP contribution in [0.1, 0.15) is 40.0 Å². The molecule has 1 saturated heterocycles. The standard InChI is InChI=1S/C18H17N3O3S2/c22-16(21-7-1-4-13(21)15-6-3-9-25-15)10-12-11-26-18(19-12)20-17(23)14-5-2-8-24-14/h2-3,5-6,8-9,11,13H,1,4,7,10H2,(H,19,20,23). The van der Waals surface area contributed by atoms with E-state index in [0.717, 1.165) is 19.4 Å². The molecule has 6 nitrogen and oxygen atoms in total. The van der Waals surface area contributed by atoms with Crippen LogP contribution in [0.25, 0.3) is 0 Å². The summed E-state index contributed by atoms with van der Waals surface area (Å²) in [6.45, 7) is 0.785. The predicted octanol–water partition coefficient (Wildman–Crippen LogP) is 3.96. The first-order chi connectivity index (χ1) is 12.7. The molecule has 1 aliphatic heterocycles. The molecule has 0 spiro atoms. The van der Waals surface area contributed by atoms with Gasteiger partial charge in [-0.2, -0.15) is 0 Å². The van der Waals surface area contributed by atoms with Crippen LogP contribution < -0.4 is 5.32 Å². The van der Waals surface area contributed by atoms with Crippen LogP contribution in [0.2, 0.25) is 0 Å². The van der Waals surface area contributed by atoms with E-state index in [1.54, 1.807) is 23.5 Å². The van der Waals surface area contributed by atoms with Gasteiger partial charge in [0.1, 0.15) is 0 Å². The Kier molecular flexibility index (Phi) is 4.85. The normalized spacial score (nSPS) is 16.8. The van der Waals surface area contributed by atoms with E-state index in [1.165, 1.54) is 22.5 Å². The first-order valence-corrected chi connectivity index (χ1v) is 10.1. The molecule has 4 rings (SSSR count). The Labute approximate surface area is 158 Å². The summed E-state index contributed by atoms with van der Waals surface area (Å²) >= 11 is 3.00. The summed E-state index contributed by atoms with van der Waals surface area (Å²) < 4.78 is 5.06. The quantitative estimate of drug-likeness (QED) is 0.719. The summed E-state index contributed by atoms with van der Waals surface area (Å²) in [5.41, 5.74) is 0.673. The van der Waals surface area contributed by atoms with Crippen molar-refractivity contribution in [2.24, 2.45) is 0 Å². The highest BCUT2D eigenvalue weighted by atomic mass is 32.1. The Morgan fingerprint density at radius 1 is 1.31 bits per heavy atom. The average molecular weight is 387 g/mol. The second kappa shape index (κ2) is 7.43. The number of anilines is 1. The molecule has 1 aliphatic rings. The number of carbonyl (C=O) groups excluding carboxylic acids is 2. The summed E-state index contributed by atoms with van der Waals surface area (Å²) in [7, 11) is 0. The van der Waals surface area contributed by atoms with Crippen molar-refractivity contribution in [2.45, 2.75) is 25.3 Å². The number of thiophene rings is 1. The van der Waals surface area contributed by atoms with Gasteiger partial charge >= 0.3 is 0 Å². The van der Waals surface area contributed by atoms with E-state index >= 15 is 0 Å². The number of carbonyl (C=O) groups is 2. The molecule has 1 fully saturated rings. The van der Waals surface area contributed by atoms with E-state index in [1.807, 2.05) is 21.7 Å². The number of thiazole rings is 1. The molecule has 3 aromatic heterocycles. The predicted molar refractivity (Wildman–Crippen MR) is 100 cm³/mol. The highest BCUT2D eigenvalue weighted by Gasteiger charge is 2.30. The first-order valence-electron chi connectivity index (χ1n) is 8.33. The second-order valence-electron chi connectivity index (χ2n) is 6.01. The van der Waals surface area contributed by atoms with Crippen molar-refractivity contribution < 1.29 is 14.0 Å². The smallest absolute Gasteiger partial charge is 0.293 e. The van der Waals surface area contributed by atoms with Gasteiger partial charge in [0.2, 0.25) is 5.91 Å². The summed E-state index contributed by atoms with van der Waals surface area (Å²) in [5, 5.41) is 7.01. The maximum atomic E-state index is 12.7.